The van der Waals surface area contributed by atoms with Crippen LogP contribution in [0, 0.1) is 6.92 Å². The van der Waals surface area contributed by atoms with Crippen molar-refractivity contribution >= 4 is 33.0 Å². The van der Waals surface area contributed by atoms with Gasteiger partial charge in [-0.15, -0.1) is 0 Å². The first-order valence-corrected chi connectivity index (χ1v) is 12.9. The highest BCUT2D eigenvalue weighted by Gasteiger charge is 2.38. The van der Waals surface area contributed by atoms with Crippen LogP contribution in [-0.2, 0) is 24.3 Å². The zero-order chi connectivity index (χ0) is 24.7. The number of aryl methyl sites for hydroxylation is 3. The summed E-state index contributed by atoms with van der Waals surface area (Å²) in [6.45, 7) is 13.8. The Morgan fingerprint density at radius 2 is 1.71 bits per heavy atom. The molecule has 0 bridgehead atoms. The van der Waals surface area contributed by atoms with E-state index in [0.29, 0.717) is 0 Å². The van der Waals surface area contributed by atoms with Gasteiger partial charge in [-0.3, -0.25) is 0 Å². The molecule has 3 heteroatoms. The zero-order valence-corrected chi connectivity index (χ0v) is 22.0. The maximum absolute atomic E-state index is 6.63. The Kier molecular flexibility index (Phi) is 4.71. The van der Waals surface area contributed by atoms with Gasteiger partial charge in [-0.05, 0) is 65.8 Å². The Morgan fingerprint density at radius 1 is 0.943 bits per heavy atom. The van der Waals surface area contributed by atoms with Crippen LogP contribution in [0.15, 0.2) is 53.1 Å². The molecule has 2 aromatic carbocycles. The Morgan fingerprint density at radius 3 is 2.46 bits per heavy atom. The van der Waals surface area contributed by atoms with Gasteiger partial charge in [-0.2, -0.15) is 0 Å². The average molecular weight is 464 g/mol. The molecule has 35 heavy (non-hydrogen) atoms. The standard InChI is InChI=1S/C32H35N2O/c1-8-20-10-14-25(34(7)18-20)26-19(2)9-12-22-23-17-21-11-13-24-27(28(21)33-30(23)35-29(22)26)32(5,6)16-15-31(24,3)4/h9-14,17-18H,8,15-16H2,1-7H3/q+1. The molecule has 0 saturated heterocycles. The number of benzene rings is 2. The predicted octanol–water partition coefficient (Wildman–Crippen LogP) is 7.85. The number of furan rings is 1. The second-order valence-electron chi connectivity index (χ2n) is 11.8. The van der Waals surface area contributed by atoms with Crippen LogP contribution in [0.2, 0.25) is 0 Å². The van der Waals surface area contributed by atoms with E-state index >= 15 is 0 Å². The number of pyridine rings is 2. The van der Waals surface area contributed by atoms with E-state index in [4.69, 9.17) is 9.40 Å². The molecule has 6 rings (SSSR count). The van der Waals surface area contributed by atoms with E-state index in [2.05, 4.69) is 102 Å². The van der Waals surface area contributed by atoms with Crippen molar-refractivity contribution in [2.45, 2.75) is 71.6 Å². The first-order chi connectivity index (χ1) is 16.6. The highest BCUT2D eigenvalue weighted by molar-refractivity contribution is 6.11. The highest BCUT2D eigenvalue weighted by Crippen LogP contribution is 2.48. The van der Waals surface area contributed by atoms with Crippen molar-refractivity contribution in [2.75, 3.05) is 0 Å². The van der Waals surface area contributed by atoms with Gasteiger partial charge in [-0.1, -0.05) is 58.9 Å². The van der Waals surface area contributed by atoms with E-state index < -0.39 is 0 Å². The summed E-state index contributed by atoms with van der Waals surface area (Å²) >= 11 is 0. The smallest absolute Gasteiger partial charge is 0.227 e. The van der Waals surface area contributed by atoms with Crippen LogP contribution in [0.5, 0.6) is 0 Å². The van der Waals surface area contributed by atoms with Gasteiger partial charge in [0.1, 0.15) is 7.05 Å². The first-order valence-electron chi connectivity index (χ1n) is 12.9. The largest absolute Gasteiger partial charge is 0.437 e. The lowest BCUT2D eigenvalue weighted by atomic mass is 9.62. The summed E-state index contributed by atoms with van der Waals surface area (Å²) in [6.07, 6.45) is 5.61. The van der Waals surface area contributed by atoms with Crippen molar-refractivity contribution in [3.8, 4) is 11.3 Å². The SMILES string of the molecule is CCc1ccc(-c2c(C)ccc3c2oc2nc4c5c(ccc4cc23)C(C)(C)CCC5(C)C)[n+](C)c1. The van der Waals surface area contributed by atoms with Crippen molar-refractivity contribution in [1.29, 1.82) is 0 Å². The van der Waals surface area contributed by atoms with Crippen LogP contribution in [-0.4, -0.2) is 4.98 Å². The van der Waals surface area contributed by atoms with E-state index in [1.165, 1.54) is 40.5 Å². The fraction of sp³-hybridized carbons (Fsp3) is 0.375. The van der Waals surface area contributed by atoms with Crippen molar-refractivity contribution in [1.82, 2.24) is 4.98 Å². The fourth-order valence-corrected chi connectivity index (χ4v) is 6.18. The van der Waals surface area contributed by atoms with Gasteiger partial charge < -0.3 is 4.42 Å². The minimum atomic E-state index is 0.0909. The molecule has 1 aliphatic rings. The molecule has 0 unspecified atom stereocenters. The summed E-state index contributed by atoms with van der Waals surface area (Å²) in [7, 11) is 2.12. The second kappa shape index (κ2) is 7.40. The monoisotopic (exact) mass is 463 g/mol. The van der Waals surface area contributed by atoms with Crippen molar-refractivity contribution in [3.05, 3.63) is 70.9 Å². The van der Waals surface area contributed by atoms with Gasteiger partial charge in [0, 0.05) is 27.8 Å². The Bertz CT molecular complexity index is 1650. The zero-order valence-electron chi connectivity index (χ0n) is 22.0. The molecule has 0 atom stereocenters. The topological polar surface area (TPSA) is 29.9 Å². The van der Waals surface area contributed by atoms with Crippen LogP contribution >= 0.6 is 0 Å². The van der Waals surface area contributed by atoms with Crippen LogP contribution in [0.3, 0.4) is 0 Å². The molecule has 0 amide bonds. The van der Waals surface area contributed by atoms with Gasteiger partial charge in [-0.25, -0.2) is 9.55 Å². The molecule has 5 aromatic rings. The molecule has 0 aliphatic heterocycles. The number of fused-ring (bicyclic) bond motifs is 6. The lowest BCUT2D eigenvalue weighted by Crippen LogP contribution is -2.34. The molecule has 0 N–H and O–H groups in total. The van der Waals surface area contributed by atoms with Crippen LogP contribution in [0.4, 0.5) is 0 Å². The second-order valence-corrected chi connectivity index (χ2v) is 11.8. The molecule has 3 nitrogen and oxygen atoms in total. The number of rotatable bonds is 2. The molecule has 0 saturated carbocycles. The number of nitrogens with zero attached hydrogens (tertiary/aromatic N) is 2. The minimum Gasteiger partial charge on any atom is -0.437 e. The van der Waals surface area contributed by atoms with E-state index in [9.17, 15) is 0 Å². The molecule has 0 radical (unpaired) electrons. The number of hydrogen-bond donors (Lipinski definition) is 0. The Balaban J connectivity index is 1.67. The van der Waals surface area contributed by atoms with Gasteiger partial charge in [0.05, 0.1) is 11.1 Å². The third-order valence-corrected chi connectivity index (χ3v) is 8.45. The van der Waals surface area contributed by atoms with E-state index in [-0.39, 0.29) is 10.8 Å². The summed E-state index contributed by atoms with van der Waals surface area (Å²) < 4.78 is 8.85. The third-order valence-electron chi connectivity index (χ3n) is 8.45. The molecular weight excluding hydrogens is 428 g/mol. The summed E-state index contributed by atoms with van der Waals surface area (Å²) in [6, 6.07) is 15.8. The predicted molar refractivity (Wildman–Crippen MR) is 145 cm³/mol. The van der Waals surface area contributed by atoms with Crippen molar-refractivity contribution in [3.63, 3.8) is 0 Å². The maximum atomic E-state index is 6.63. The molecule has 0 spiro atoms. The quantitative estimate of drug-likeness (QED) is 0.250. The summed E-state index contributed by atoms with van der Waals surface area (Å²) in [5, 5.41) is 3.42. The summed E-state index contributed by atoms with van der Waals surface area (Å²) in [5.74, 6) is 0. The van der Waals surface area contributed by atoms with Crippen LogP contribution < -0.4 is 4.57 Å². The van der Waals surface area contributed by atoms with Gasteiger partial charge >= 0.3 is 0 Å². The van der Waals surface area contributed by atoms with Crippen molar-refractivity contribution in [2.24, 2.45) is 7.05 Å². The van der Waals surface area contributed by atoms with Gasteiger partial charge in [0.15, 0.2) is 11.8 Å². The van der Waals surface area contributed by atoms with E-state index in [1.807, 2.05) is 0 Å². The van der Waals surface area contributed by atoms with Crippen molar-refractivity contribution < 1.29 is 8.98 Å². The lowest BCUT2D eigenvalue weighted by molar-refractivity contribution is -0.660. The Labute approximate surface area is 207 Å². The third kappa shape index (κ3) is 3.24. The average Bonchev–Trinajstić information content (AvgIpc) is 3.17. The maximum Gasteiger partial charge on any atom is 0.227 e. The summed E-state index contributed by atoms with van der Waals surface area (Å²) in [4.78, 5) is 5.23. The number of hydrogen-bond acceptors (Lipinski definition) is 2. The number of aromatic nitrogens is 2. The molecule has 3 aromatic heterocycles. The van der Waals surface area contributed by atoms with Crippen LogP contribution in [0.1, 0.15) is 69.7 Å². The van der Waals surface area contributed by atoms with E-state index in [1.54, 1.807) is 0 Å². The molecule has 3 heterocycles. The van der Waals surface area contributed by atoms with Crippen LogP contribution in [0.25, 0.3) is 44.2 Å². The van der Waals surface area contributed by atoms with Gasteiger partial charge in [0.2, 0.25) is 11.4 Å². The van der Waals surface area contributed by atoms with Gasteiger partial charge in [0.25, 0.3) is 0 Å². The summed E-state index contributed by atoms with van der Waals surface area (Å²) in [5.41, 5.74) is 10.7. The first kappa shape index (κ1) is 22.3. The van der Waals surface area contributed by atoms with E-state index in [0.717, 1.165) is 45.3 Å². The molecule has 178 valence electrons. The molecule has 1 aliphatic carbocycles. The highest BCUT2D eigenvalue weighted by atomic mass is 16.3. The lowest BCUT2D eigenvalue weighted by Gasteiger charge is -2.42. The molecular formula is C32H35N2O+. The fourth-order valence-electron chi connectivity index (χ4n) is 6.18. The molecule has 0 fully saturated rings. The minimum absolute atomic E-state index is 0.0909. The normalized spacial score (nSPS) is 16.8. The Hall–Kier alpha value is -3.20.